The van der Waals surface area contributed by atoms with E-state index in [2.05, 4.69) is 25.5 Å². The van der Waals surface area contributed by atoms with Crippen LogP contribution in [0.15, 0.2) is 67.0 Å². The summed E-state index contributed by atoms with van der Waals surface area (Å²) in [6.07, 6.45) is 4.38. The number of carbonyl (C=O) groups is 3. The number of hydrogen-bond acceptors (Lipinski definition) is 7. The van der Waals surface area contributed by atoms with Gasteiger partial charge in [-0.15, -0.1) is 10.2 Å². The molecule has 0 bridgehead atoms. The Bertz CT molecular complexity index is 1930. The van der Waals surface area contributed by atoms with E-state index in [0.29, 0.717) is 77.7 Å². The lowest BCUT2D eigenvalue weighted by molar-refractivity contribution is -0.133. The highest BCUT2D eigenvalue weighted by Crippen LogP contribution is 2.26. The number of amides is 2. The lowest BCUT2D eigenvalue weighted by Crippen LogP contribution is -2.49. The Morgan fingerprint density at radius 1 is 0.957 bits per heavy atom. The molecule has 242 valence electrons. The molecule has 2 aromatic carbocycles. The lowest BCUT2D eigenvalue weighted by atomic mass is 10.1. The maximum absolute atomic E-state index is 13.5. The van der Waals surface area contributed by atoms with Gasteiger partial charge in [0.25, 0.3) is 5.91 Å². The standard InChI is InChI=1S/C34H34ClFN8O3/c1-3-4-30(45)27-18-37-44(22(27)2)32-12-11-31(39-40-32)38-34(47)28-20-43(29-10-7-24(35)17-26(28)29)21-33(46)42-15-13-41(14-16-42)19-23-5-8-25(36)9-6-23/h5-12,17-18,20H,3-4,13-16,19,21H2,1-2H3,(H,38,39,47). The molecule has 0 atom stereocenters. The van der Waals surface area contributed by atoms with Crippen molar-refractivity contribution in [1.82, 2.24) is 34.3 Å². The third-order valence-corrected chi connectivity index (χ3v) is 8.57. The summed E-state index contributed by atoms with van der Waals surface area (Å²) in [5.74, 6) is -0.0829. The van der Waals surface area contributed by atoms with E-state index in [1.807, 2.05) is 11.8 Å². The number of nitrogens with zero attached hydrogens (tertiary/aromatic N) is 7. The first-order chi connectivity index (χ1) is 22.7. The molecule has 3 aromatic heterocycles. The van der Waals surface area contributed by atoms with E-state index in [1.165, 1.54) is 18.3 Å². The maximum atomic E-state index is 13.5. The van der Waals surface area contributed by atoms with Gasteiger partial charge in [-0.25, -0.2) is 9.07 Å². The van der Waals surface area contributed by atoms with Gasteiger partial charge in [0.15, 0.2) is 17.4 Å². The fourth-order valence-corrected chi connectivity index (χ4v) is 5.97. The fourth-order valence-electron chi connectivity index (χ4n) is 5.79. The summed E-state index contributed by atoms with van der Waals surface area (Å²) in [6, 6.07) is 15.0. The number of carbonyl (C=O) groups excluding carboxylic acids is 3. The second-order valence-electron chi connectivity index (χ2n) is 11.6. The third-order valence-electron chi connectivity index (χ3n) is 8.33. The first kappa shape index (κ1) is 32.0. The van der Waals surface area contributed by atoms with Crippen LogP contribution in [-0.2, 0) is 17.9 Å². The van der Waals surface area contributed by atoms with Gasteiger partial charge in [-0.05, 0) is 61.4 Å². The number of ketones is 1. The first-order valence-electron chi connectivity index (χ1n) is 15.5. The molecule has 0 spiro atoms. The highest BCUT2D eigenvalue weighted by molar-refractivity contribution is 6.31. The normalized spacial score (nSPS) is 13.7. The molecule has 0 radical (unpaired) electrons. The zero-order valence-electron chi connectivity index (χ0n) is 26.1. The Labute approximate surface area is 275 Å². The van der Waals surface area contributed by atoms with Gasteiger partial charge in [-0.2, -0.15) is 5.10 Å². The van der Waals surface area contributed by atoms with Crippen molar-refractivity contribution in [2.75, 3.05) is 31.5 Å². The van der Waals surface area contributed by atoms with E-state index in [1.54, 1.807) is 64.8 Å². The van der Waals surface area contributed by atoms with Crippen molar-refractivity contribution in [3.8, 4) is 5.82 Å². The number of Topliss-reactive ketones (excluding diaryl/α,β-unsaturated/α-hetero) is 1. The van der Waals surface area contributed by atoms with E-state index < -0.39 is 5.91 Å². The molecular weight excluding hydrogens is 623 g/mol. The van der Waals surface area contributed by atoms with E-state index >= 15 is 0 Å². The van der Waals surface area contributed by atoms with Crippen LogP contribution in [0.4, 0.5) is 10.2 Å². The molecule has 0 unspecified atom stereocenters. The SMILES string of the molecule is CCCC(=O)c1cnn(-c2ccc(NC(=O)c3cn(CC(=O)N4CCN(Cc5ccc(F)cc5)CC4)c4ccc(Cl)cc34)nn2)c1C. The lowest BCUT2D eigenvalue weighted by Gasteiger charge is -2.35. The van der Waals surface area contributed by atoms with Gasteiger partial charge < -0.3 is 14.8 Å². The van der Waals surface area contributed by atoms with Gasteiger partial charge in [0.2, 0.25) is 5.91 Å². The Hall–Kier alpha value is -4.94. The van der Waals surface area contributed by atoms with Gasteiger partial charge in [0.05, 0.1) is 23.0 Å². The number of anilines is 1. The molecule has 0 aliphatic carbocycles. The summed E-state index contributed by atoms with van der Waals surface area (Å²) >= 11 is 6.31. The number of piperazine rings is 1. The number of benzene rings is 2. The molecule has 13 heteroatoms. The Morgan fingerprint density at radius 3 is 2.43 bits per heavy atom. The highest BCUT2D eigenvalue weighted by atomic mass is 35.5. The van der Waals surface area contributed by atoms with Crippen molar-refractivity contribution in [2.45, 2.75) is 39.8 Å². The number of hydrogen-bond donors (Lipinski definition) is 1. The average molecular weight is 657 g/mol. The topological polar surface area (TPSA) is 118 Å². The molecule has 5 aromatic rings. The minimum Gasteiger partial charge on any atom is -0.339 e. The van der Waals surface area contributed by atoms with Gasteiger partial charge in [0, 0.05) is 61.3 Å². The van der Waals surface area contributed by atoms with E-state index in [4.69, 9.17) is 11.6 Å². The summed E-state index contributed by atoms with van der Waals surface area (Å²) in [7, 11) is 0. The maximum Gasteiger partial charge on any atom is 0.259 e. The quantitative estimate of drug-likeness (QED) is 0.203. The van der Waals surface area contributed by atoms with Gasteiger partial charge >= 0.3 is 0 Å². The largest absolute Gasteiger partial charge is 0.339 e. The van der Waals surface area contributed by atoms with Crippen LogP contribution >= 0.6 is 11.6 Å². The molecular formula is C34H34ClFN8O3. The monoisotopic (exact) mass is 656 g/mol. The van der Waals surface area contributed by atoms with E-state index in [0.717, 1.165) is 12.0 Å². The van der Waals surface area contributed by atoms with Crippen LogP contribution in [0.1, 0.15) is 51.7 Å². The van der Waals surface area contributed by atoms with E-state index in [9.17, 15) is 18.8 Å². The van der Waals surface area contributed by atoms with Crippen LogP contribution in [-0.4, -0.2) is 78.1 Å². The van der Waals surface area contributed by atoms with Crippen molar-refractivity contribution in [3.63, 3.8) is 0 Å². The third kappa shape index (κ3) is 7.08. The second-order valence-corrected chi connectivity index (χ2v) is 12.0. The van der Waals surface area contributed by atoms with Gasteiger partial charge in [-0.1, -0.05) is 30.7 Å². The smallest absolute Gasteiger partial charge is 0.259 e. The second kappa shape index (κ2) is 13.8. The highest BCUT2D eigenvalue weighted by Gasteiger charge is 2.24. The zero-order valence-corrected chi connectivity index (χ0v) is 26.9. The summed E-state index contributed by atoms with van der Waals surface area (Å²) in [4.78, 5) is 43.3. The number of rotatable bonds is 10. The molecule has 2 amide bonds. The summed E-state index contributed by atoms with van der Waals surface area (Å²) < 4.78 is 16.6. The molecule has 1 aliphatic rings. The van der Waals surface area contributed by atoms with Crippen molar-refractivity contribution >= 4 is 45.9 Å². The Kier molecular flexibility index (Phi) is 9.41. The number of aromatic nitrogens is 5. The molecule has 1 aliphatic heterocycles. The van der Waals surface area contributed by atoms with Crippen molar-refractivity contribution < 1.29 is 18.8 Å². The van der Waals surface area contributed by atoms with Crippen molar-refractivity contribution in [1.29, 1.82) is 0 Å². The number of halogens is 2. The van der Waals surface area contributed by atoms with Crippen LogP contribution in [0.3, 0.4) is 0 Å². The Morgan fingerprint density at radius 2 is 1.72 bits per heavy atom. The number of nitrogens with one attached hydrogen (secondary N) is 1. The van der Waals surface area contributed by atoms with Gasteiger partial charge in [0.1, 0.15) is 12.4 Å². The molecule has 1 N–H and O–H groups in total. The predicted molar refractivity (Wildman–Crippen MR) is 176 cm³/mol. The molecule has 4 heterocycles. The van der Waals surface area contributed by atoms with Crippen molar-refractivity contribution in [2.24, 2.45) is 0 Å². The van der Waals surface area contributed by atoms with E-state index in [-0.39, 0.29) is 29.9 Å². The minimum absolute atomic E-state index is 0.0233. The Balaban J connectivity index is 1.12. The van der Waals surface area contributed by atoms with Crippen molar-refractivity contribution in [3.05, 3.63) is 100 Å². The van der Waals surface area contributed by atoms with Crippen LogP contribution in [0.5, 0.6) is 0 Å². The summed E-state index contributed by atoms with van der Waals surface area (Å²) in [5, 5.41) is 16.5. The summed E-state index contributed by atoms with van der Waals surface area (Å²) in [6.45, 7) is 7.06. The predicted octanol–water partition coefficient (Wildman–Crippen LogP) is 5.30. The molecule has 1 saturated heterocycles. The summed E-state index contributed by atoms with van der Waals surface area (Å²) in [5.41, 5.74) is 3.28. The zero-order chi connectivity index (χ0) is 33.1. The van der Waals surface area contributed by atoms with Gasteiger partial charge in [-0.3, -0.25) is 19.3 Å². The molecule has 47 heavy (non-hydrogen) atoms. The molecule has 0 saturated carbocycles. The average Bonchev–Trinajstić information content (AvgIpc) is 3.63. The minimum atomic E-state index is -0.428. The molecule has 6 rings (SSSR count). The van der Waals surface area contributed by atoms with Crippen LogP contribution < -0.4 is 5.32 Å². The molecule has 1 fully saturated rings. The first-order valence-corrected chi connectivity index (χ1v) is 15.8. The fraction of sp³-hybridized carbons (Fsp3) is 0.294. The van der Waals surface area contributed by atoms with Crippen LogP contribution in [0.25, 0.3) is 16.7 Å². The van der Waals surface area contributed by atoms with Crippen LogP contribution in [0, 0.1) is 12.7 Å². The number of fused-ring (bicyclic) bond motifs is 1. The van der Waals surface area contributed by atoms with Crippen LogP contribution in [0.2, 0.25) is 5.02 Å². The molecule has 11 nitrogen and oxygen atoms in total.